The van der Waals surface area contributed by atoms with Crippen LogP contribution >= 0.6 is 0 Å². The highest BCUT2D eigenvalue weighted by Gasteiger charge is 2.33. The number of hydrogen-bond donors (Lipinski definition) is 1. The number of carbonyl (C=O) groups excluding carboxylic acids is 2. The van der Waals surface area contributed by atoms with E-state index in [1.165, 1.54) is 6.33 Å². The van der Waals surface area contributed by atoms with Gasteiger partial charge in [0.05, 0.1) is 13.0 Å². The summed E-state index contributed by atoms with van der Waals surface area (Å²) in [6.07, 6.45) is 3.56. The maximum atomic E-state index is 13.2. The van der Waals surface area contributed by atoms with Crippen molar-refractivity contribution in [2.75, 3.05) is 33.3 Å². The van der Waals surface area contributed by atoms with E-state index in [-0.39, 0.29) is 23.6 Å². The molecule has 0 spiro atoms. The molecule has 0 saturated carbocycles. The fraction of sp³-hybridized carbons (Fsp3) is 0.280. The Bertz CT molecular complexity index is 1090. The zero-order valence-electron chi connectivity index (χ0n) is 18.6. The van der Waals surface area contributed by atoms with Gasteiger partial charge in [0.2, 0.25) is 11.7 Å². The van der Waals surface area contributed by atoms with Gasteiger partial charge in [-0.25, -0.2) is 4.98 Å². The first-order valence-electron chi connectivity index (χ1n) is 10.9. The Kier molecular flexibility index (Phi) is 6.83. The SMILES string of the molecule is C=CCN1CCN(C(=O)c2ncn[nH]2)C[C@@H](Cc2ccc(-c3ccc(OC)cc3)cc2)C1=O. The van der Waals surface area contributed by atoms with E-state index in [2.05, 4.69) is 33.9 Å². The molecular formula is C25H27N5O3. The van der Waals surface area contributed by atoms with Crippen molar-refractivity contribution >= 4 is 11.8 Å². The molecule has 4 rings (SSSR count). The number of aromatic amines is 1. The van der Waals surface area contributed by atoms with Gasteiger partial charge in [0.1, 0.15) is 12.1 Å². The van der Waals surface area contributed by atoms with E-state index in [1.807, 2.05) is 36.4 Å². The molecule has 0 unspecified atom stereocenters. The standard InChI is InChI=1S/C25H27N5O3/c1-3-12-29-13-14-30(25(32)23-26-17-27-28-23)16-21(24(29)31)15-18-4-6-19(7-5-18)20-8-10-22(33-2)11-9-20/h3-11,17,21H,1,12-16H2,2H3,(H,26,27,28)/t21-/m1/s1. The molecule has 1 aliphatic rings. The molecule has 0 bridgehead atoms. The van der Waals surface area contributed by atoms with Crippen molar-refractivity contribution in [1.82, 2.24) is 25.0 Å². The minimum absolute atomic E-state index is 0.0296. The first-order chi connectivity index (χ1) is 16.1. The lowest BCUT2D eigenvalue weighted by molar-refractivity contribution is -0.134. The number of carbonyl (C=O) groups is 2. The maximum absolute atomic E-state index is 13.2. The first kappa shape index (κ1) is 22.3. The predicted octanol–water partition coefficient (Wildman–Crippen LogP) is 2.81. The summed E-state index contributed by atoms with van der Waals surface area (Å²) in [4.78, 5) is 33.5. The molecule has 1 aliphatic heterocycles. The summed E-state index contributed by atoms with van der Waals surface area (Å²) in [7, 11) is 1.65. The summed E-state index contributed by atoms with van der Waals surface area (Å²) < 4.78 is 5.22. The minimum atomic E-state index is -0.355. The van der Waals surface area contributed by atoms with Crippen LogP contribution in [0.4, 0.5) is 0 Å². The highest BCUT2D eigenvalue weighted by Crippen LogP contribution is 2.24. The zero-order valence-corrected chi connectivity index (χ0v) is 18.6. The summed E-state index contributed by atoms with van der Waals surface area (Å²) in [6, 6.07) is 16.1. The lowest BCUT2D eigenvalue weighted by Crippen LogP contribution is -2.38. The lowest BCUT2D eigenvalue weighted by atomic mass is 9.95. The Balaban J connectivity index is 1.52. The number of aromatic nitrogens is 3. The molecular weight excluding hydrogens is 418 g/mol. The third kappa shape index (κ3) is 5.11. The zero-order chi connectivity index (χ0) is 23.2. The Morgan fingerprint density at radius 1 is 1.15 bits per heavy atom. The lowest BCUT2D eigenvalue weighted by Gasteiger charge is -2.23. The average molecular weight is 446 g/mol. The number of nitrogens with one attached hydrogen (secondary N) is 1. The second-order valence-electron chi connectivity index (χ2n) is 7.98. The van der Waals surface area contributed by atoms with Gasteiger partial charge in [0.25, 0.3) is 5.91 Å². The third-order valence-corrected chi connectivity index (χ3v) is 5.86. The number of benzene rings is 2. The van der Waals surface area contributed by atoms with Crippen molar-refractivity contribution in [3.63, 3.8) is 0 Å². The molecule has 0 aliphatic carbocycles. The van der Waals surface area contributed by atoms with E-state index in [0.29, 0.717) is 32.6 Å². The number of nitrogens with zero attached hydrogens (tertiary/aromatic N) is 4. The molecule has 2 aromatic carbocycles. The quantitative estimate of drug-likeness (QED) is 0.565. The molecule has 1 fully saturated rings. The number of ether oxygens (including phenoxy) is 1. The second kappa shape index (κ2) is 10.1. The largest absolute Gasteiger partial charge is 0.497 e. The molecule has 2 heterocycles. The highest BCUT2D eigenvalue weighted by atomic mass is 16.5. The number of H-pyrrole nitrogens is 1. The highest BCUT2D eigenvalue weighted by molar-refractivity contribution is 5.91. The van der Waals surface area contributed by atoms with Gasteiger partial charge in [-0.2, -0.15) is 5.10 Å². The van der Waals surface area contributed by atoms with E-state index < -0.39 is 0 Å². The topological polar surface area (TPSA) is 91.4 Å². The molecule has 1 saturated heterocycles. The van der Waals surface area contributed by atoms with Crippen molar-refractivity contribution < 1.29 is 14.3 Å². The maximum Gasteiger partial charge on any atom is 0.291 e. The summed E-state index contributed by atoms with van der Waals surface area (Å²) in [5.74, 6) is 0.423. The van der Waals surface area contributed by atoms with Gasteiger partial charge < -0.3 is 14.5 Å². The molecule has 1 N–H and O–H groups in total. The number of amides is 2. The normalized spacial score (nSPS) is 16.4. The van der Waals surface area contributed by atoms with Crippen LogP contribution in [0.15, 0.2) is 67.5 Å². The molecule has 170 valence electrons. The molecule has 3 aromatic rings. The molecule has 1 atom stereocenters. The van der Waals surface area contributed by atoms with Crippen LogP contribution in [0, 0.1) is 5.92 Å². The van der Waals surface area contributed by atoms with Crippen molar-refractivity contribution in [2.24, 2.45) is 5.92 Å². The number of methoxy groups -OCH3 is 1. The summed E-state index contributed by atoms with van der Waals surface area (Å²) in [5.41, 5.74) is 3.22. The van der Waals surface area contributed by atoms with Crippen LogP contribution < -0.4 is 4.74 Å². The summed E-state index contributed by atoms with van der Waals surface area (Å²) in [5, 5.41) is 6.39. The molecule has 8 heteroatoms. The average Bonchev–Trinajstić information content (AvgIpc) is 3.35. The van der Waals surface area contributed by atoms with Gasteiger partial charge in [0.15, 0.2) is 0 Å². The van der Waals surface area contributed by atoms with Crippen LogP contribution in [-0.4, -0.2) is 70.1 Å². The van der Waals surface area contributed by atoms with E-state index in [4.69, 9.17) is 4.74 Å². The van der Waals surface area contributed by atoms with Crippen molar-refractivity contribution in [2.45, 2.75) is 6.42 Å². The predicted molar refractivity (Wildman–Crippen MR) is 125 cm³/mol. The van der Waals surface area contributed by atoms with Crippen LogP contribution in [0.1, 0.15) is 16.2 Å². The Morgan fingerprint density at radius 3 is 2.45 bits per heavy atom. The Morgan fingerprint density at radius 2 is 1.85 bits per heavy atom. The van der Waals surface area contributed by atoms with Gasteiger partial charge in [-0.3, -0.25) is 14.7 Å². The molecule has 8 nitrogen and oxygen atoms in total. The monoisotopic (exact) mass is 445 g/mol. The van der Waals surface area contributed by atoms with E-state index in [9.17, 15) is 9.59 Å². The van der Waals surface area contributed by atoms with Crippen molar-refractivity contribution in [3.8, 4) is 16.9 Å². The van der Waals surface area contributed by atoms with Crippen LogP contribution in [0.25, 0.3) is 11.1 Å². The van der Waals surface area contributed by atoms with Gasteiger partial charge in [-0.05, 0) is 35.2 Å². The van der Waals surface area contributed by atoms with Crippen molar-refractivity contribution in [3.05, 3.63) is 78.9 Å². The molecule has 0 radical (unpaired) electrons. The summed E-state index contributed by atoms with van der Waals surface area (Å²) in [6.45, 7) is 5.44. The van der Waals surface area contributed by atoms with E-state index in [1.54, 1.807) is 23.0 Å². The smallest absolute Gasteiger partial charge is 0.291 e. The van der Waals surface area contributed by atoms with E-state index >= 15 is 0 Å². The van der Waals surface area contributed by atoms with Gasteiger partial charge in [-0.15, -0.1) is 6.58 Å². The van der Waals surface area contributed by atoms with Crippen LogP contribution in [-0.2, 0) is 11.2 Å². The minimum Gasteiger partial charge on any atom is -0.497 e. The molecule has 2 amide bonds. The molecule has 1 aromatic heterocycles. The third-order valence-electron chi connectivity index (χ3n) is 5.86. The second-order valence-corrected chi connectivity index (χ2v) is 7.98. The van der Waals surface area contributed by atoms with Gasteiger partial charge in [0, 0.05) is 26.2 Å². The van der Waals surface area contributed by atoms with Crippen LogP contribution in [0.3, 0.4) is 0 Å². The fourth-order valence-electron chi connectivity index (χ4n) is 4.08. The first-order valence-corrected chi connectivity index (χ1v) is 10.9. The van der Waals surface area contributed by atoms with Crippen LogP contribution in [0.5, 0.6) is 5.75 Å². The Hall–Kier alpha value is -3.94. The van der Waals surface area contributed by atoms with Crippen LogP contribution in [0.2, 0.25) is 0 Å². The molecule has 33 heavy (non-hydrogen) atoms. The number of rotatable bonds is 7. The van der Waals surface area contributed by atoms with E-state index in [0.717, 1.165) is 22.4 Å². The van der Waals surface area contributed by atoms with Gasteiger partial charge in [-0.1, -0.05) is 42.5 Å². The fourth-order valence-corrected chi connectivity index (χ4v) is 4.08. The Labute approximate surface area is 192 Å². The summed E-state index contributed by atoms with van der Waals surface area (Å²) >= 11 is 0. The number of hydrogen-bond acceptors (Lipinski definition) is 5. The van der Waals surface area contributed by atoms with Crippen molar-refractivity contribution in [1.29, 1.82) is 0 Å². The van der Waals surface area contributed by atoms with Gasteiger partial charge >= 0.3 is 0 Å².